The lowest BCUT2D eigenvalue weighted by atomic mass is 10.1. The molecule has 0 saturated carbocycles. The fourth-order valence-electron chi connectivity index (χ4n) is 1.75. The highest BCUT2D eigenvalue weighted by molar-refractivity contribution is 5.94. The molecule has 0 spiro atoms. The standard InChI is InChI=1S/C14H22N2O.ClH/c1-3-4-8-13(10-15)16-14(17)12-7-5-6-11(2)9-12;/h5-7,9,13H,3-4,8,10,15H2,1-2H3,(H,16,17);1H. The molecule has 1 rings (SSSR count). The number of benzene rings is 1. The quantitative estimate of drug-likeness (QED) is 0.835. The molecule has 4 heteroatoms. The van der Waals surface area contributed by atoms with E-state index >= 15 is 0 Å². The van der Waals surface area contributed by atoms with E-state index in [2.05, 4.69) is 12.2 Å². The van der Waals surface area contributed by atoms with Gasteiger partial charge < -0.3 is 11.1 Å². The van der Waals surface area contributed by atoms with Gasteiger partial charge in [-0.15, -0.1) is 12.4 Å². The first-order valence-electron chi connectivity index (χ1n) is 6.25. The summed E-state index contributed by atoms with van der Waals surface area (Å²) < 4.78 is 0. The Kier molecular flexibility index (Phi) is 8.42. The lowest BCUT2D eigenvalue weighted by molar-refractivity contribution is 0.0935. The summed E-state index contributed by atoms with van der Waals surface area (Å²) in [5.74, 6) is -0.0275. The van der Waals surface area contributed by atoms with Crippen LogP contribution in [0.4, 0.5) is 0 Å². The van der Waals surface area contributed by atoms with Crippen molar-refractivity contribution in [3.8, 4) is 0 Å². The molecule has 3 N–H and O–H groups in total. The van der Waals surface area contributed by atoms with Crippen LogP contribution in [0.2, 0.25) is 0 Å². The molecular weight excluding hydrogens is 248 g/mol. The van der Waals surface area contributed by atoms with Gasteiger partial charge in [0.1, 0.15) is 0 Å². The average Bonchev–Trinajstić information content (AvgIpc) is 2.34. The highest BCUT2D eigenvalue weighted by Gasteiger charge is 2.11. The second-order valence-electron chi connectivity index (χ2n) is 4.42. The molecule has 0 aromatic heterocycles. The van der Waals surface area contributed by atoms with Gasteiger partial charge in [0.2, 0.25) is 0 Å². The summed E-state index contributed by atoms with van der Waals surface area (Å²) in [4.78, 5) is 12.0. The van der Waals surface area contributed by atoms with Gasteiger partial charge >= 0.3 is 0 Å². The fraction of sp³-hybridized carbons (Fsp3) is 0.500. The van der Waals surface area contributed by atoms with Crippen LogP contribution in [0.1, 0.15) is 42.1 Å². The van der Waals surface area contributed by atoms with Crippen LogP contribution < -0.4 is 11.1 Å². The zero-order valence-electron chi connectivity index (χ0n) is 11.1. The highest BCUT2D eigenvalue weighted by Crippen LogP contribution is 2.05. The summed E-state index contributed by atoms with van der Waals surface area (Å²) in [6.07, 6.45) is 3.16. The van der Waals surface area contributed by atoms with Crippen molar-refractivity contribution in [3.63, 3.8) is 0 Å². The van der Waals surface area contributed by atoms with E-state index in [1.54, 1.807) is 0 Å². The van der Waals surface area contributed by atoms with Crippen molar-refractivity contribution < 1.29 is 4.79 Å². The largest absolute Gasteiger partial charge is 0.348 e. The number of nitrogens with one attached hydrogen (secondary N) is 1. The number of aryl methyl sites for hydroxylation is 1. The van der Waals surface area contributed by atoms with E-state index in [-0.39, 0.29) is 24.4 Å². The zero-order valence-corrected chi connectivity index (χ0v) is 11.9. The third kappa shape index (κ3) is 5.52. The topological polar surface area (TPSA) is 55.1 Å². The molecule has 0 heterocycles. The highest BCUT2D eigenvalue weighted by atomic mass is 35.5. The molecule has 3 nitrogen and oxygen atoms in total. The first-order valence-corrected chi connectivity index (χ1v) is 6.25. The van der Waals surface area contributed by atoms with Gasteiger partial charge in [-0.05, 0) is 25.5 Å². The second kappa shape index (κ2) is 8.95. The number of rotatable bonds is 6. The number of hydrogen-bond donors (Lipinski definition) is 2. The van der Waals surface area contributed by atoms with Crippen LogP contribution in [0.15, 0.2) is 24.3 Å². The number of carbonyl (C=O) groups excluding carboxylic acids is 1. The van der Waals surface area contributed by atoms with Crippen LogP contribution in [0.3, 0.4) is 0 Å². The number of hydrogen-bond acceptors (Lipinski definition) is 2. The maximum Gasteiger partial charge on any atom is 0.251 e. The maximum atomic E-state index is 12.0. The van der Waals surface area contributed by atoms with Gasteiger partial charge in [0.25, 0.3) is 5.91 Å². The van der Waals surface area contributed by atoms with Gasteiger partial charge in [-0.1, -0.05) is 37.5 Å². The maximum absolute atomic E-state index is 12.0. The molecule has 1 aromatic rings. The molecule has 1 unspecified atom stereocenters. The van der Waals surface area contributed by atoms with Crippen LogP contribution in [0, 0.1) is 6.92 Å². The van der Waals surface area contributed by atoms with E-state index in [0.717, 1.165) is 24.8 Å². The molecule has 102 valence electrons. The molecule has 0 aliphatic carbocycles. The molecule has 1 amide bonds. The number of amides is 1. The lowest BCUT2D eigenvalue weighted by Gasteiger charge is -2.16. The fourth-order valence-corrected chi connectivity index (χ4v) is 1.75. The summed E-state index contributed by atoms with van der Waals surface area (Å²) in [7, 11) is 0. The Hall–Kier alpha value is -1.06. The molecular formula is C14H23ClN2O. The first-order chi connectivity index (χ1) is 8.17. The van der Waals surface area contributed by atoms with Crippen LogP contribution in [-0.4, -0.2) is 18.5 Å². The number of nitrogens with two attached hydrogens (primary N) is 1. The Morgan fingerprint density at radius 1 is 1.44 bits per heavy atom. The molecule has 0 aliphatic heterocycles. The Morgan fingerprint density at radius 2 is 2.17 bits per heavy atom. The van der Waals surface area contributed by atoms with Gasteiger partial charge in [0, 0.05) is 18.2 Å². The molecule has 1 aromatic carbocycles. The second-order valence-corrected chi connectivity index (χ2v) is 4.42. The van der Waals surface area contributed by atoms with Crippen molar-refractivity contribution in [3.05, 3.63) is 35.4 Å². The van der Waals surface area contributed by atoms with Crippen LogP contribution in [-0.2, 0) is 0 Å². The molecule has 18 heavy (non-hydrogen) atoms. The van der Waals surface area contributed by atoms with E-state index in [4.69, 9.17) is 5.73 Å². The minimum atomic E-state index is -0.0275. The average molecular weight is 271 g/mol. The Balaban J connectivity index is 0.00000289. The predicted octanol–water partition coefficient (Wildman–Crippen LogP) is 2.66. The Labute approximate surface area is 116 Å². The SMILES string of the molecule is CCCCC(CN)NC(=O)c1cccc(C)c1.Cl. The number of carbonyl (C=O) groups is 1. The minimum Gasteiger partial charge on any atom is -0.348 e. The van der Waals surface area contributed by atoms with Gasteiger partial charge in [0.15, 0.2) is 0 Å². The van der Waals surface area contributed by atoms with Gasteiger partial charge in [-0.3, -0.25) is 4.79 Å². The lowest BCUT2D eigenvalue weighted by Crippen LogP contribution is -2.40. The first kappa shape index (κ1) is 16.9. The van der Waals surface area contributed by atoms with E-state index < -0.39 is 0 Å². The number of halogens is 1. The van der Waals surface area contributed by atoms with Crippen LogP contribution in [0.25, 0.3) is 0 Å². The third-order valence-electron chi connectivity index (χ3n) is 2.81. The number of unbranched alkanes of at least 4 members (excludes halogenated alkanes) is 1. The van der Waals surface area contributed by atoms with Gasteiger partial charge in [0.05, 0.1) is 0 Å². The molecule has 0 aliphatic rings. The third-order valence-corrected chi connectivity index (χ3v) is 2.81. The van der Waals surface area contributed by atoms with E-state index in [0.29, 0.717) is 12.1 Å². The summed E-state index contributed by atoms with van der Waals surface area (Å²) >= 11 is 0. The van der Waals surface area contributed by atoms with Crippen molar-refractivity contribution in [2.75, 3.05) is 6.54 Å². The monoisotopic (exact) mass is 270 g/mol. The summed E-state index contributed by atoms with van der Waals surface area (Å²) in [6.45, 7) is 4.61. The van der Waals surface area contributed by atoms with Gasteiger partial charge in [-0.25, -0.2) is 0 Å². The van der Waals surface area contributed by atoms with E-state index in [9.17, 15) is 4.79 Å². The summed E-state index contributed by atoms with van der Waals surface area (Å²) in [6, 6.07) is 7.68. The predicted molar refractivity (Wildman–Crippen MR) is 78.3 cm³/mol. The molecule has 1 atom stereocenters. The van der Waals surface area contributed by atoms with Crippen molar-refractivity contribution in [1.82, 2.24) is 5.32 Å². The molecule has 0 fully saturated rings. The molecule has 0 radical (unpaired) electrons. The summed E-state index contributed by atoms with van der Waals surface area (Å²) in [5, 5.41) is 2.98. The van der Waals surface area contributed by atoms with Crippen LogP contribution in [0.5, 0.6) is 0 Å². The molecule has 0 bridgehead atoms. The normalized spacial score (nSPS) is 11.5. The summed E-state index contributed by atoms with van der Waals surface area (Å²) in [5.41, 5.74) is 7.46. The van der Waals surface area contributed by atoms with Crippen molar-refractivity contribution in [2.45, 2.75) is 39.2 Å². The Morgan fingerprint density at radius 3 is 2.72 bits per heavy atom. The van der Waals surface area contributed by atoms with Crippen molar-refractivity contribution in [1.29, 1.82) is 0 Å². The smallest absolute Gasteiger partial charge is 0.251 e. The zero-order chi connectivity index (χ0) is 12.7. The van der Waals surface area contributed by atoms with Crippen LogP contribution >= 0.6 is 12.4 Å². The van der Waals surface area contributed by atoms with E-state index in [1.165, 1.54) is 0 Å². The van der Waals surface area contributed by atoms with Crippen molar-refractivity contribution >= 4 is 18.3 Å². The van der Waals surface area contributed by atoms with E-state index in [1.807, 2.05) is 31.2 Å². The minimum absolute atomic E-state index is 0. The van der Waals surface area contributed by atoms with Crippen molar-refractivity contribution in [2.24, 2.45) is 5.73 Å². The Bertz CT molecular complexity index is 369. The van der Waals surface area contributed by atoms with Gasteiger partial charge in [-0.2, -0.15) is 0 Å². The molecule has 0 saturated heterocycles.